The summed E-state index contributed by atoms with van der Waals surface area (Å²) in [5.41, 5.74) is 1.92. The third-order valence-electron chi connectivity index (χ3n) is 4.37. The Labute approximate surface area is 177 Å². The number of thiophene rings is 2. The van der Waals surface area contributed by atoms with Crippen molar-refractivity contribution in [3.05, 3.63) is 75.3 Å². The topological polar surface area (TPSA) is 92.3 Å². The van der Waals surface area contributed by atoms with Gasteiger partial charge in [-0.25, -0.2) is 8.42 Å². The highest BCUT2D eigenvalue weighted by Gasteiger charge is 2.31. The number of amides is 2. The SMILES string of the molecule is Cc1ccccc1CNC(=O)C(=O)NC[C@@H](c1cccs1)S(=O)(=O)c1cccs1. The number of carbonyl (C=O) groups excluding carboxylic acids is 2. The molecule has 0 saturated heterocycles. The first kappa shape index (κ1) is 21.2. The van der Waals surface area contributed by atoms with Gasteiger partial charge in [-0.15, -0.1) is 22.7 Å². The van der Waals surface area contributed by atoms with E-state index < -0.39 is 26.9 Å². The fourth-order valence-electron chi connectivity index (χ4n) is 2.73. The fraction of sp³-hybridized carbons (Fsp3) is 0.200. The molecule has 0 aliphatic carbocycles. The van der Waals surface area contributed by atoms with E-state index in [0.717, 1.165) is 22.5 Å². The molecular weight excluding hydrogens is 428 g/mol. The molecule has 6 nitrogen and oxygen atoms in total. The molecule has 2 N–H and O–H groups in total. The van der Waals surface area contributed by atoms with Crippen molar-refractivity contribution >= 4 is 44.3 Å². The minimum absolute atomic E-state index is 0.183. The molecule has 0 aliphatic heterocycles. The van der Waals surface area contributed by atoms with Crippen LogP contribution in [0.15, 0.2) is 63.5 Å². The predicted octanol–water partition coefficient (Wildman–Crippen LogP) is 3.07. The Bertz CT molecular complexity index is 1070. The van der Waals surface area contributed by atoms with Crippen molar-refractivity contribution in [1.29, 1.82) is 0 Å². The predicted molar refractivity (Wildman–Crippen MR) is 115 cm³/mol. The van der Waals surface area contributed by atoms with Gasteiger partial charge in [-0.1, -0.05) is 36.4 Å². The van der Waals surface area contributed by atoms with Gasteiger partial charge in [0.05, 0.1) is 0 Å². The van der Waals surface area contributed by atoms with Crippen LogP contribution in [-0.4, -0.2) is 26.8 Å². The summed E-state index contributed by atoms with van der Waals surface area (Å²) in [5, 5.41) is 7.56. The van der Waals surface area contributed by atoms with Crippen molar-refractivity contribution in [3.8, 4) is 0 Å². The molecule has 2 aromatic heterocycles. The molecule has 152 valence electrons. The van der Waals surface area contributed by atoms with E-state index in [0.29, 0.717) is 4.88 Å². The van der Waals surface area contributed by atoms with Crippen LogP contribution in [0.5, 0.6) is 0 Å². The molecule has 29 heavy (non-hydrogen) atoms. The third-order valence-corrected chi connectivity index (χ3v) is 9.01. The van der Waals surface area contributed by atoms with Gasteiger partial charge in [-0.2, -0.15) is 0 Å². The summed E-state index contributed by atoms with van der Waals surface area (Å²) >= 11 is 2.43. The maximum absolute atomic E-state index is 13.0. The lowest BCUT2D eigenvalue weighted by atomic mass is 10.1. The number of rotatable bonds is 7. The summed E-state index contributed by atoms with van der Waals surface area (Å²) in [7, 11) is -3.68. The normalized spacial score (nSPS) is 12.3. The zero-order chi connectivity index (χ0) is 20.9. The average molecular weight is 449 g/mol. The highest BCUT2D eigenvalue weighted by atomic mass is 32.2. The Morgan fingerprint density at radius 3 is 2.28 bits per heavy atom. The van der Waals surface area contributed by atoms with E-state index in [1.165, 1.54) is 17.4 Å². The lowest BCUT2D eigenvalue weighted by Crippen LogP contribution is -2.42. The Kier molecular flexibility index (Phi) is 6.83. The van der Waals surface area contributed by atoms with Crippen molar-refractivity contribution in [1.82, 2.24) is 10.6 Å². The summed E-state index contributed by atoms with van der Waals surface area (Å²) in [5.74, 6) is -1.66. The Morgan fingerprint density at radius 1 is 0.931 bits per heavy atom. The number of carbonyl (C=O) groups is 2. The van der Waals surface area contributed by atoms with E-state index in [2.05, 4.69) is 10.6 Å². The molecule has 2 heterocycles. The molecular formula is C20H20N2O4S3. The summed E-state index contributed by atoms with van der Waals surface area (Å²) in [6.07, 6.45) is 0. The summed E-state index contributed by atoms with van der Waals surface area (Å²) in [4.78, 5) is 25.0. The van der Waals surface area contributed by atoms with E-state index in [1.807, 2.05) is 31.2 Å². The van der Waals surface area contributed by atoms with Gasteiger partial charge in [0.15, 0.2) is 9.84 Å². The van der Waals surface area contributed by atoms with Crippen molar-refractivity contribution < 1.29 is 18.0 Å². The van der Waals surface area contributed by atoms with Crippen LogP contribution in [0.25, 0.3) is 0 Å². The van der Waals surface area contributed by atoms with Crippen LogP contribution in [0.3, 0.4) is 0 Å². The zero-order valence-corrected chi connectivity index (χ0v) is 18.1. The first-order chi connectivity index (χ1) is 13.9. The van der Waals surface area contributed by atoms with Gasteiger partial charge in [-0.3, -0.25) is 9.59 Å². The van der Waals surface area contributed by atoms with E-state index >= 15 is 0 Å². The summed E-state index contributed by atoms with van der Waals surface area (Å²) in [6, 6.07) is 14.2. The molecule has 1 atom stereocenters. The highest BCUT2D eigenvalue weighted by Crippen LogP contribution is 2.33. The Morgan fingerprint density at radius 2 is 1.62 bits per heavy atom. The minimum Gasteiger partial charge on any atom is -0.346 e. The molecule has 3 rings (SSSR count). The summed E-state index contributed by atoms with van der Waals surface area (Å²) in [6.45, 7) is 1.96. The van der Waals surface area contributed by atoms with Crippen LogP contribution in [-0.2, 0) is 26.0 Å². The van der Waals surface area contributed by atoms with Crippen molar-refractivity contribution in [2.24, 2.45) is 0 Å². The van der Waals surface area contributed by atoms with Gasteiger partial charge in [0.2, 0.25) is 0 Å². The van der Waals surface area contributed by atoms with Crippen LogP contribution in [0, 0.1) is 6.92 Å². The van der Waals surface area contributed by atoms with Crippen molar-refractivity contribution in [2.75, 3.05) is 6.54 Å². The highest BCUT2D eigenvalue weighted by molar-refractivity contribution is 7.93. The van der Waals surface area contributed by atoms with Gasteiger partial charge in [0, 0.05) is 18.0 Å². The fourth-order valence-corrected chi connectivity index (χ4v) is 6.72. The first-order valence-electron chi connectivity index (χ1n) is 8.81. The second kappa shape index (κ2) is 9.34. The molecule has 0 bridgehead atoms. The molecule has 0 fully saturated rings. The van der Waals surface area contributed by atoms with Crippen molar-refractivity contribution in [3.63, 3.8) is 0 Å². The number of aryl methyl sites for hydroxylation is 1. The van der Waals surface area contributed by atoms with E-state index in [1.54, 1.807) is 29.0 Å². The van der Waals surface area contributed by atoms with Gasteiger partial charge in [-0.05, 0) is 40.9 Å². The van der Waals surface area contributed by atoms with Crippen LogP contribution in [0.1, 0.15) is 21.3 Å². The standard InChI is InChI=1S/C20H20N2O4S3/c1-14-6-2-3-7-15(14)12-21-19(23)20(24)22-13-17(16-8-4-10-27-16)29(25,26)18-9-5-11-28-18/h2-11,17H,12-13H2,1H3,(H,21,23)(H,22,24)/t17-/m0/s1. The lowest BCUT2D eigenvalue weighted by molar-refractivity contribution is -0.139. The monoisotopic (exact) mass is 448 g/mol. The lowest BCUT2D eigenvalue weighted by Gasteiger charge is -2.16. The molecule has 9 heteroatoms. The van der Waals surface area contributed by atoms with Gasteiger partial charge >= 0.3 is 11.8 Å². The maximum atomic E-state index is 13.0. The maximum Gasteiger partial charge on any atom is 0.309 e. The van der Waals surface area contributed by atoms with Crippen LogP contribution in [0.4, 0.5) is 0 Å². The number of nitrogens with one attached hydrogen (secondary N) is 2. The molecule has 0 aliphatic rings. The number of benzene rings is 1. The van der Waals surface area contributed by atoms with Crippen LogP contribution in [0.2, 0.25) is 0 Å². The second-order valence-corrected chi connectivity index (χ2v) is 10.6. The molecule has 1 aromatic carbocycles. The van der Waals surface area contributed by atoms with Gasteiger partial charge in [0.1, 0.15) is 9.46 Å². The second-order valence-electron chi connectivity index (χ2n) is 6.30. The van der Waals surface area contributed by atoms with Crippen molar-refractivity contribution in [2.45, 2.75) is 22.9 Å². The van der Waals surface area contributed by atoms with E-state index in [4.69, 9.17) is 0 Å². The van der Waals surface area contributed by atoms with E-state index in [-0.39, 0.29) is 17.3 Å². The quantitative estimate of drug-likeness (QED) is 0.544. The van der Waals surface area contributed by atoms with Crippen LogP contribution < -0.4 is 10.6 Å². The molecule has 0 saturated carbocycles. The molecule has 2 amide bonds. The smallest absolute Gasteiger partial charge is 0.309 e. The minimum atomic E-state index is -3.68. The van der Waals surface area contributed by atoms with E-state index in [9.17, 15) is 18.0 Å². The number of hydrogen-bond acceptors (Lipinski definition) is 6. The molecule has 0 unspecified atom stereocenters. The van der Waals surface area contributed by atoms with Gasteiger partial charge < -0.3 is 10.6 Å². The first-order valence-corrected chi connectivity index (χ1v) is 12.1. The Hall–Kier alpha value is -2.49. The third kappa shape index (κ3) is 5.11. The molecule has 0 spiro atoms. The average Bonchev–Trinajstić information content (AvgIpc) is 3.41. The molecule has 3 aromatic rings. The van der Waals surface area contributed by atoms with Crippen LogP contribution >= 0.6 is 22.7 Å². The summed E-state index contributed by atoms with van der Waals surface area (Å²) < 4.78 is 26.2. The number of hydrogen-bond donors (Lipinski definition) is 2. The van der Waals surface area contributed by atoms with Gasteiger partial charge in [0.25, 0.3) is 0 Å². The number of sulfone groups is 1. The zero-order valence-electron chi connectivity index (χ0n) is 15.6. The largest absolute Gasteiger partial charge is 0.346 e. The Balaban J connectivity index is 1.66. The molecule has 0 radical (unpaired) electrons.